The summed E-state index contributed by atoms with van der Waals surface area (Å²) in [5.74, 6) is -7.33. The molecule has 1 aromatic rings. The van der Waals surface area contributed by atoms with Gasteiger partial charge in [0.05, 0.1) is 12.5 Å². The number of carbonyl (C=O) groups excluding carboxylic acids is 3. The third kappa shape index (κ3) is 13.2. The summed E-state index contributed by atoms with van der Waals surface area (Å²) in [5, 5.41) is 34.1. The maximum Gasteiger partial charge on any atom is 0.326 e. The zero-order chi connectivity index (χ0) is 30.2. The molecule has 0 radical (unpaired) electrons. The molecule has 3 amide bonds. The number of nitrogens with one attached hydrogen (secondary N) is 3. The lowest BCUT2D eigenvalue weighted by Crippen LogP contribution is -2.57. The fourth-order valence-electron chi connectivity index (χ4n) is 3.47. The van der Waals surface area contributed by atoms with Crippen molar-refractivity contribution in [2.75, 3.05) is 6.54 Å². The van der Waals surface area contributed by atoms with Crippen molar-refractivity contribution >= 4 is 41.6 Å². The standard InChI is InChI=1S/C24H35N7O9/c25-14(11-13-5-2-1-3-6-13)20(36)29-15(7-4-10-28-24(26)27)21(37)31-17(12-19(34)35)22(38)30-16(23(39)40)8-9-18(32)33/h1-3,5-6,14-17H,4,7-12,25H2,(H,29,36)(H,30,38)(H,31,37)(H,32,33)(H,34,35)(H,39,40)(H4,26,27,28). The molecule has 0 aromatic heterocycles. The highest BCUT2D eigenvalue weighted by atomic mass is 16.4. The van der Waals surface area contributed by atoms with Crippen molar-refractivity contribution in [1.82, 2.24) is 16.0 Å². The second-order valence-corrected chi connectivity index (χ2v) is 8.80. The molecule has 16 nitrogen and oxygen atoms in total. The van der Waals surface area contributed by atoms with Crippen LogP contribution in [0.15, 0.2) is 35.3 Å². The third-order valence-corrected chi connectivity index (χ3v) is 5.49. The van der Waals surface area contributed by atoms with Crippen LogP contribution in [0.2, 0.25) is 0 Å². The molecule has 4 atom stereocenters. The molecule has 0 aliphatic heterocycles. The minimum Gasteiger partial charge on any atom is -0.481 e. The molecule has 1 aromatic carbocycles. The number of aliphatic imine (C=N–C) groups is 1. The second kappa shape index (κ2) is 17.0. The highest BCUT2D eigenvalue weighted by Gasteiger charge is 2.31. The van der Waals surface area contributed by atoms with Crippen LogP contribution < -0.4 is 33.2 Å². The number of hydrogen-bond donors (Lipinski definition) is 9. The van der Waals surface area contributed by atoms with Gasteiger partial charge in [0.15, 0.2) is 5.96 Å². The van der Waals surface area contributed by atoms with E-state index < -0.39 is 79.1 Å². The zero-order valence-electron chi connectivity index (χ0n) is 21.6. The Morgan fingerprint density at radius 3 is 1.90 bits per heavy atom. The van der Waals surface area contributed by atoms with Gasteiger partial charge in [-0.05, 0) is 31.2 Å². The molecule has 0 heterocycles. The SMILES string of the molecule is NC(N)=NCCCC(NC(=O)C(N)Cc1ccccc1)C(=O)NC(CC(=O)O)C(=O)NC(CCC(=O)O)C(=O)O. The van der Waals surface area contributed by atoms with E-state index in [-0.39, 0.29) is 31.8 Å². The number of hydrogen-bond acceptors (Lipinski definition) is 8. The summed E-state index contributed by atoms with van der Waals surface area (Å²) in [6.45, 7) is 0.0982. The zero-order valence-corrected chi connectivity index (χ0v) is 21.6. The van der Waals surface area contributed by atoms with Gasteiger partial charge in [-0.1, -0.05) is 30.3 Å². The van der Waals surface area contributed by atoms with Crippen molar-refractivity contribution in [1.29, 1.82) is 0 Å². The van der Waals surface area contributed by atoms with Crippen LogP contribution in [0.4, 0.5) is 0 Å². The molecular weight excluding hydrogens is 530 g/mol. The van der Waals surface area contributed by atoms with Crippen molar-refractivity contribution in [2.45, 2.75) is 62.7 Å². The van der Waals surface area contributed by atoms with Gasteiger partial charge in [0.2, 0.25) is 17.7 Å². The number of carboxylic acids is 3. The van der Waals surface area contributed by atoms with Crippen LogP contribution in [0, 0.1) is 0 Å². The van der Waals surface area contributed by atoms with E-state index >= 15 is 0 Å². The number of aliphatic carboxylic acids is 3. The lowest BCUT2D eigenvalue weighted by atomic mass is 10.0. The molecule has 0 spiro atoms. The van der Waals surface area contributed by atoms with Crippen LogP contribution in [0.5, 0.6) is 0 Å². The second-order valence-electron chi connectivity index (χ2n) is 8.80. The number of carboxylic acid groups (broad SMARTS) is 3. The Morgan fingerprint density at radius 1 is 0.775 bits per heavy atom. The molecule has 40 heavy (non-hydrogen) atoms. The van der Waals surface area contributed by atoms with Crippen molar-refractivity contribution < 1.29 is 44.1 Å². The number of benzene rings is 1. The average molecular weight is 566 g/mol. The Kier molecular flexibility index (Phi) is 14.1. The number of nitrogens with two attached hydrogens (primary N) is 3. The predicted molar refractivity (Wildman–Crippen MR) is 141 cm³/mol. The maximum absolute atomic E-state index is 13.1. The van der Waals surface area contributed by atoms with E-state index in [1.54, 1.807) is 30.3 Å². The average Bonchev–Trinajstić information content (AvgIpc) is 2.87. The fraction of sp³-hybridized carbons (Fsp3) is 0.458. The lowest BCUT2D eigenvalue weighted by molar-refractivity contribution is -0.144. The Hall–Kier alpha value is -4.73. The van der Waals surface area contributed by atoms with E-state index in [0.717, 1.165) is 5.56 Å². The fourth-order valence-corrected chi connectivity index (χ4v) is 3.47. The molecular formula is C24H35N7O9. The molecule has 4 unspecified atom stereocenters. The molecule has 0 saturated heterocycles. The van der Waals surface area contributed by atoms with Gasteiger partial charge < -0.3 is 48.5 Å². The molecule has 1 rings (SSSR count). The van der Waals surface area contributed by atoms with Gasteiger partial charge in [-0.15, -0.1) is 0 Å². The van der Waals surface area contributed by atoms with Crippen molar-refractivity contribution in [3.63, 3.8) is 0 Å². The molecule has 12 N–H and O–H groups in total. The summed E-state index contributed by atoms with van der Waals surface area (Å²) in [7, 11) is 0. The number of nitrogens with zero attached hydrogens (tertiary/aromatic N) is 1. The van der Waals surface area contributed by atoms with E-state index in [1.807, 2.05) is 5.32 Å². The normalized spacial score (nSPS) is 13.5. The van der Waals surface area contributed by atoms with E-state index in [2.05, 4.69) is 15.6 Å². The minimum atomic E-state index is -1.74. The van der Waals surface area contributed by atoms with Crippen molar-refractivity contribution in [3.05, 3.63) is 35.9 Å². The van der Waals surface area contributed by atoms with Crippen molar-refractivity contribution in [3.8, 4) is 0 Å². The van der Waals surface area contributed by atoms with Gasteiger partial charge in [0.25, 0.3) is 0 Å². The number of guanidine groups is 1. The first-order valence-electron chi connectivity index (χ1n) is 12.2. The highest BCUT2D eigenvalue weighted by Crippen LogP contribution is 2.06. The van der Waals surface area contributed by atoms with Gasteiger partial charge in [0, 0.05) is 13.0 Å². The largest absolute Gasteiger partial charge is 0.481 e. The minimum absolute atomic E-state index is 0.0236. The summed E-state index contributed by atoms with van der Waals surface area (Å²) in [4.78, 5) is 76.0. The van der Waals surface area contributed by atoms with Crippen LogP contribution in [-0.2, 0) is 35.2 Å². The monoisotopic (exact) mass is 565 g/mol. The quantitative estimate of drug-likeness (QED) is 0.0506. The predicted octanol–water partition coefficient (Wildman–Crippen LogP) is -2.51. The first kappa shape index (κ1) is 33.3. The number of amides is 3. The van der Waals surface area contributed by atoms with Crippen LogP contribution >= 0.6 is 0 Å². The molecule has 16 heteroatoms. The van der Waals surface area contributed by atoms with Crippen LogP contribution in [0.25, 0.3) is 0 Å². The van der Waals surface area contributed by atoms with E-state index in [1.165, 1.54) is 0 Å². The Morgan fingerprint density at radius 2 is 1.35 bits per heavy atom. The molecule has 0 bridgehead atoms. The van der Waals surface area contributed by atoms with E-state index in [0.29, 0.717) is 0 Å². The van der Waals surface area contributed by atoms with Gasteiger partial charge >= 0.3 is 17.9 Å². The summed E-state index contributed by atoms with van der Waals surface area (Å²) in [6.07, 6.45) is -1.65. The van der Waals surface area contributed by atoms with Gasteiger partial charge in [-0.25, -0.2) is 4.79 Å². The molecule has 0 saturated carbocycles. The Bertz CT molecular complexity index is 1080. The van der Waals surface area contributed by atoms with Gasteiger partial charge in [-0.3, -0.25) is 29.0 Å². The van der Waals surface area contributed by atoms with Gasteiger partial charge in [-0.2, -0.15) is 0 Å². The third-order valence-electron chi connectivity index (χ3n) is 5.49. The molecule has 220 valence electrons. The van der Waals surface area contributed by atoms with Crippen LogP contribution in [0.3, 0.4) is 0 Å². The Balaban J connectivity index is 3.04. The number of carbonyl (C=O) groups is 6. The van der Waals surface area contributed by atoms with Crippen molar-refractivity contribution in [2.24, 2.45) is 22.2 Å². The van der Waals surface area contributed by atoms with E-state index in [4.69, 9.17) is 22.3 Å². The number of rotatable bonds is 18. The summed E-state index contributed by atoms with van der Waals surface area (Å²) in [6, 6.07) is 3.14. The maximum atomic E-state index is 13.1. The molecule has 0 fully saturated rings. The lowest BCUT2D eigenvalue weighted by Gasteiger charge is -2.24. The summed E-state index contributed by atoms with van der Waals surface area (Å²) >= 11 is 0. The topological polar surface area (TPSA) is 290 Å². The van der Waals surface area contributed by atoms with Gasteiger partial charge in [0.1, 0.15) is 18.1 Å². The summed E-state index contributed by atoms with van der Waals surface area (Å²) < 4.78 is 0. The highest BCUT2D eigenvalue weighted by molar-refractivity contribution is 5.95. The van der Waals surface area contributed by atoms with Crippen LogP contribution in [0.1, 0.15) is 37.7 Å². The summed E-state index contributed by atoms with van der Waals surface area (Å²) in [5.41, 5.74) is 17.4. The molecule has 0 aliphatic carbocycles. The molecule has 0 aliphatic rings. The smallest absolute Gasteiger partial charge is 0.326 e. The first-order valence-corrected chi connectivity index (χ1v) is 12.2. The van der Waals surface area contributed by atoms with E-state index in [9.17, 15) is 39.0 Å². The Labute approximate surface area is 229 Å². The van der Waals surface area contributed by atoms with Crippen LogP contribution in [-0.4, -0.2) is 87.6 Å². The first-order chi connectivity index (χ1) is 18.8.